The molecule has 0 spiro atoms. The highest BCUT2D eigenvalue weighted by atomic mass is 79.9. The minimum atomic E-state index is -0.290. The summed E-state index contributed by atoms with van der Waals surface area (Å²) in [5.41, 5.74) is 0.976. The van der Waals surface area contributed by atoms with E-state index in [1.807, 2.05) is 27.7 Å². The average molecular weight is 377 g/mol. The predicted molar refractivity (Wildman–Crippen MR) is 101 cm³/mol. The molecule has 1 amide bonds. The van der Waals surface area contributed by atoms with Crippen LogP contribution in [0.5, 0.6) is 5.75 Å². The van der Waals surface area contributed by atoms with E-state index < -0.39 is 0 Å². The van der Waals surface area contributed by atoms with Crippen LogP contribution in [0.1, 0.15) is 38.1 Å². The molecule has 1 aromatic heterocycles. The molecule has 2 rings (SSSR count). The fourth-order valence-corrected chi connectivity index (χ4v) is 1.86. The Hall–Kier alpha value is -1.82. The normalized spacial score (nSPS) is 8.78. The van der Waals surface area contributed by atoms with E-state index in [-0.39, 0.29) is 5.91 Å². The van der Waals surface area contributed by atoms with E-state index in [0.717, 1.165) is 4.47 Å². The van der Waals surface area contributed by atoms with Crippen LogP contribution in [0.3, 0.4) is 0 Å². The van der Waals surface area contributed by atoms with Gasteiger partial charge < -0.3 is 10.1 Å². The van der Waals surface area contributed by atoms with Gasteiger partial charge in [0.2, 0.25) is 0 Å². The monoisotopic (exact) mass is 376 g/mol. The van der Waals surface area contributed by atoms with Gasteiger partial charge in [-0.25, -0.2) is 4.98 Å². The van der Waals surface area contributed by atoms with Crippen molar-refractivity contribution in [1.29, 1.82) is 0 Å². The zero-order chi connectivity index (χ0) is 17.8. The van der Waals surface area contributed by atoms with Crippen LogP contribution in [0.2, 0.25) is 0 Å². The fourth-order valence-electron chi connectivity index (χ4n) is 1.52. The highest BCUT2D eigenvalue weighted by Gasteiger charge is 2.13. The van der Waals surface area contributed by atoms with Crippen LogP contribution >= 0.6 is 15.9 Å². The lowest BCUT2D eigenvalue weighted by molar-refractivity contribution is 0.102. The smallest absolute Gasteiger partial charge is 0.260 e. The first-order valence-electron chi connectivity index (χ1n) is 7.46. The van der Waals surface area contributed by atoms with E-state index in [0.29, 0.717) is 22.6 Å². The summed E-state index contributed by atoms with van der Waals surface area (Å²) in [7, 11) is 7.04. The number of pyridine rings is 1. The lowest BCUT2D eigenvalue weighted by atomic mass is 9.99. The number of nitrogens with zero attached hydrogens (tertiary/aromatic N) is 1. The van der Waals surface area contributed by atoms with E-state index in [1.165, 1.54) is 13.3 Å². The van der Waals surface area contributed by atoms with E-state index in [1.54, 1.807) is 30.3 Å². The summed E-state index contributed by atoms with van der Waals surface area (Å²) in [5.74, 6) is 0.633. The minimum absolute atomic E-state index is 0.290. The Labute approximate surface area is 148 Å². The molecular formula is C17H22BBrN2O2. The molecule has 6 heteroatoms. The Morgan fingerprint density at radius 1 is 1.17 bits per heavy atom. The average Bonchev–Trinajstić information content (AvgIpc) is 2.60. The quantitative estimate of drug-likeness (QED) is 0.825. The third-order valence-corrected chi connectivity index (χ3v) is 2.93. The summed E-state index contributed by atoms with van der Waals surface area (Å²) in [6, 6.07) is 8.48. The number of hydrogen-bond acceptors (Lipinski definition) is 3. The van der Waals surface area contributed by atoms with Crippen molar-refractivity contribution >= 4 is 41.0 Å². The number of rotatable bonds is 3. The molecule has 1 N–H and O–H groups in total. The molecular weight excluding hydrogens is 355 g/mol. The molecule has 2 radical (unpaired) electrons. The fraction of sp³-hybridized carbons (Fsp3) is 0.294. The van der Waals surface area contributed by atoms with Crippen LogP contribution in [0.15, 0.2) is 41.0 Å². The Morgan fingerprint density at radius 2 is 1.83 bits per heavy atom. The number of aromatic nitrogens is 1. The molecule has 2 aromatic rings. The van der Waals surface area contributed by atoms with Gasteiger partial charge >= 0.3 is 0 Å². The van der Waals surface area contributed by atoms with Crippen LogP contribution in [0.4, 0.5) is 5.82 Å². The Morgan fingerprint density at radius 3 is 2.35 bits per heavy atom. The van der Waals surface area contributed by atoms with Crippen molar-refractivity contribution in [3.63, 3.8) is 0 Å². The standard InChI is InChI=1S/C13H10BBrN2O2.2C2H6/c1-19-11-6-9(15)3-4-10(11)13(18)17-12-5-2-8(14)7-16-12;2*1-2/h2-7H,1H3,(H,16,17,18);2*1-2H3. The molecule has 0 saturated heterocycles. The second kappa shape index (κ2) is 11.7. The number of amides is 1. The van der Waals surface area contributed by atoms with Gasteiger partial charge in [0.15, 0.2) is 0 Å². The van der Waals surface area contributed by atoms with E-state index in [2.05, 4.69) is 26.2 Å². The van der Waals surface area contributed by atoms with Crippen LogP contribution in [-0.2, 0) is 0 Å². The number of anilines is 1. The third kappa shape index (κ3) is 6.86. The maximum Gasteiger partial charge on any atom is 0.260 e. The molecule has 0 saturated carbocycles. The lowest BCUT2D eigenvalue weighted by Gasteiger charge is -2.09. The van der Waals surface area contributed by atoms with Gasteiger partial charge in [0.25, 0.3) is 5.91 Å². The van der Waals surface area contributed by atoms with Gasteiger partial charge in [-0.2, -0.15) is 0 Å². The molecule has 122 valence electrons. The van der Waals surface area contributed by atoms with E-state index >= 15 is 0 Å². The number of benzene rings is 1. The van der Waals surface area contributed by atoms with Crippen molar-refractivity contribution < 1.29 is 9.53 Å². The van der Waals surface area contributed by atoms with Crippen molar-refractivity contribution in [2.24, 2.45) is 0 Å². The first kappa shape index (κ1) is 21.2. The minimum Gasteiger partial charge on any atom is -0.496 e. The summed E-state index contributed by atoms with van der Waals surface area (Å²) in [6.07, 6.45) is 1.48. The van der Waals surface area contributed by atoms with Crippen molar-refractivity contribution in [1.82, 2.24) is 4.98 Å². The van der Waals surface area contributed by atoms with Crippen LogP contribution in [0, 0.1) is 0 Å². The maximum atomic E-state index is 12.1. The molecule has 4 nitrogen and oxygen atoms in total. The van der Waals surface area contributed by atoms with Crippen LogP contribution in [-0.4, -0.2) is 25.8 Å². The van der Waals surface area contributed by atoms with Crippen LogP contribution < -0.4 is 15.5 Å². The summed E-state index contributed by atoms with van der Waals surface area (Å²) in [6.45, 7) is 8.00. The number of hydrogen-bond donors (Lipinski definition) is 1. The molecule has 0 unspecified atom stereocenters. The first-order chi connectivity index (χ1) is 11.1. The van der Waals surface area contributed by atoms with E-state index in [4.69, 9.17) is 12.6 Å². The Bertz CT molecular complexity index is 604. The Kier molecular flexibility index (Phi) is 10.8. The molecule has 0 fully saturated rings. The third-order valence-electron chi connectivity index (χ3n) is 2.44. The Balaban J connectivity index is 0.00000112. The molecule has 23 heavy (non-hydrogen) atoms. The van der Waals surface area contributed by atoms with Gasteiger partial charge in [-0.15, -0.1) is 0 Å². The zero-order valence-electron chi connectivity index (χ0n) is 14.2. The highest BCUT2D eigenvalue weighted by molar-refractivity contribution is 9.10. The number of halogens is 1. The maximum absolute atomic E-state index is 12.1. The molecule has 0 aliphatic rings. The molecule has 0 aliphatic heterocycles. The summed E-state index contributed by atoms with van der Waals surface area (Å²) in [5, 5.41) is 2.68. The van der Waals surface area contributed by atoms with Gasteiger partial charge in [0, 0.05) is 10.7 Å². The number of carbonyl (C=O) groups excluding carboxylic acids is 1. The number of nitrogens with one attached hydrogen (secondary N) is 1. The van der Waals surface area contributed by atoms with Gasteiger partial charge in [0.1, 0.15) is 19.4 Å². The van der Waals surface area contributed by atoms with E-state index in [9.17, 15) is 4.79 Å². The SMILES string of the molecule is CC.CC.[B]c1ccc(NC(=O)c2ccc(Br)cc2OC)nc1. The summed E-state index contributed by atoms with van der Waals surface area (Å²) < 4.78 is 6.01. The van der Waals surface area contributed by atoms with Gasteiger partial charge in [0.05, 0.1) is 12.7 Å². The van der Waals surface area contributed by atoms with Crippen molar-refractivity contribution in [3.05, 3.63) is 46.6 Å². The second-order valence-electron chi connectivity index (χ2n) is 3.78. The molecule has 0 aliphatic carbocycles. The van der Waals surface area contributed by atoms with Crippen molar-refractivity contribution in [3.8, 4) is 5.75 Å². The van der Waals surface area contributed by atoms with Crippen molar-refractivity contribution in [2.75, 3.05) is 12.4 Å². The topological polar surface area (TPSA) is 51.2 Å². The lowest BCUT2D eigenvalue weighted by Crippen LogP contribution is -2.15. The van der Waals surface area contributed by atoms with Crippen molar-refractivity contribution in [2.45, 2.75) is 27.7 Å². The predicted octanol–water partition coefficient (Wildman–Crippen LogP) is 3.95. The molecule has 0 atom stereocenters. The van der Waals surface area contributed by atoms with Gasteiger partial charge in [-0.3, -0.25) is 4.79 Å². The molecule has 1 heterocycles. The molecule has 1 aromatic carbocycles. The summed E-state index contributed by atoms with van der Waals surface area (Å²) >= 11 is 3.32. The number of carbonyl (C=O) groups is 1. The number of ether oxygens (including phenoxy) is 1. The summed E-state index contributed by atoms with van der Waals surface area (Å²) in [4.78, 5) is 16.1. The highest BCUT2D eigenvalue weighted by Crippen LogP contribution is 2.24. The first-order valence-corrected chi connectivity index (χ1v) is 8.26. The zero-order valence-corrected chi connectivity index (χ0v) is 15.8. The number of methoxy groups -OCH3 is 1. The van der Waals surface area contributed by atoms with Crippen LogP contribution in [0.25, 0.3) is 0 Å². The molecule has 0 bridgehead atoms. The van der Waals surface area contributed by atoms with Gasteiger partial charge in [-0.05, 0) is 24.3 Å². The largest absolute Gasteiger partial charge is 0.496 e. The van der Waals surface area contributed by atoms with Gasteiger partial charge in [-0.1, -0.05) is 55.2 Å². The second-order valence-corrected chi connectivity index (χ2v) is 4.69.